The number of rotatable bonds is 3. The smallest absolute Gasteiger partial charge is 0.341 e. The van der Waals surface area contributed by atoms with Gasteiger partial charge < -0.3 is 20.1 Å². The second kappa shape index (κ2) is 5.99. The van der Waals surface area contributed by atoms with Gasteiger partial charge in [-0.25, -0.2) is 4.79 Å². The van der Waals surface area contributed by atoms with Crippen molar-refractivity contribution in [3.05, 3.63) is 29.3 Å². The van der Waals surface area contributed by atoms with E-state index >= 15 is 0 Å². The van der Waals surface area contributed by atoms with Crippen molar-refractivity contribution in [2.75, 3.05) is 6.61 Å². The van der Waals surface area contributed by atoms with E-state index in [4.69, 9.17) is 9.84 Å². The van der Waals surface area contributed by atoms with E-state index < -0.39 is 18.2 Å². The first-order valence-corrected chi connectivity index (χ1v) is 9.23. The Morgan fingerprint density at radius 1 is 1.32 bits per heavy atom. The van der Waals surface area contributed by atoms with Crippen LogP contribution in [0.15, 0.2) is 18.2 Å². The third kappa shape index (κ3) is 2.64. The van der Waals surface area contributed by atoms with Gasteiger partial charge in [-0.05, 0) is 78.5 Å². The molecule has 3 aliphatic rings. The first-order valence-electron chi connectivity index (χ1n) is 9.23. The maximum atomic E-state index is 10.7. The Labute approximate surface area is 147 Å². The van der Waals surface area contributed by atoms with Crippen LogP contribution in [0.25, 0.3) is 0 Å². The lowest BCUT2D eigenvalue weighted by atomic mass is 9.55. The third-order valence-corrected chi connectivity index (χ3v) is 7.03. The molecule has 136 valence electrons. The molecule has 5 nitrogen and oxygen atoms in total. The van der Waals surface area contributed by atoms with Crippen molar-refractivity contribution in [2.24, 2.45) is 17.3 Å². The second-order valence-corrected chi connectivity index (χ2v) is 8.25. The fourth-order valence-electron chi connectivity index (χ4n) is 5.78. The number of aryl methyl sites for hydroxylation is 1. The van der Waals surface area contributed by atoms with Crippen LogP contribution >= 0.6 is 0 Å². The number of carbonyl (C=O) groups is 1. The van der Waals surface area contributed by atoms with E-state index in [1.165, 1.54) is 11.1 Å². The van der Waals surface area contributed by atoms with Crippen LogP contribution in [-0.4, -0.2) is 40.1 Å². The van der Waals surface area contributed by atoms with E-state index in [1.807, 2.05) is 12.1 Å². The Bertz CT molecular complexity index is 687. The van der Waals surface area contributed by atoms with Gasteiger partial charge in [-0.2, -0.15) is 0 Å². The molecule has 2 fully saturated rings. The predicted molar refractivity (Wildman–Crippen MR) is 91.6 cm³/mol. The van der Waals surface area contributed by atoms with Gasteiger partial charge in [0.1, 0.15) is 5.75 Å². The van der Waals surface area contributed by atoms with Crippen LogP contribution in [0.4, 0.5) is 0 Å². The summed E-state index contributed by atoms with van der Waals surface area (Å²) < 4.78 is 5.32. The highest BCUT2D eigenvalue weighted by atomic mass is 16.5. The van der Waals surface area contributed by atoms with E-state index in [1.54, 1.807) is 0 Å². The fraction of sp³-hybridized carbons (Fsp3) is 0.650. The maximum Gasteiger partial charge on any atom is 0.341 e. The zero-order valence-corrected chi connectivity index (χ0v) is 14.5. The average Bonchev–Trinajstić information content (AvgIpc) is 2.83. The van der Waals surface area contributed by atoms with Gasteiger partial charge in [0, 0.05) is 0 Å². The zero-order chi connectivity index (χ0) is 17.8. The molecule has 3 unspecified atom stereocenters. The lowest BCUT2D eigenvalue weighted by molar-refractivity contribution is -0.139. The van der Waals surface area contributed by atoms with Crippen molar-refractivity contribution in [1.29, 1.82) is 0 Å². The van der Waals surface area contributed by atoms with E-state index in [0.29, 0.717) is 29.9 Å². The Kier molecular flexibility index (Phi) is 4.04. The molecular formula is C20H26O5. The molecule has 0 bridgehead atoms. The number of hydrogen-bond acceptors (Lipinski definition) is 4. The van der Waals surface area contributed by atoms with Gasteiger partial charge >= 0.3 is 5.97 Å². The lowest BCUT2D eigenvalue weighted by Crippen LogP contribution is -2.44. The van der Waals surface area contributed by atoms with Crippen molar-refractivity contribution in [2.45, 2.75) is 57.2 Å². The van der Waals surface area contributed by atoms with Crippen molar-refractivity contribution in [1.82, 2.24) is 0 Å². The normalized spacial score (nSPS) is 39.2. The van der Waals surface area contributed by atoms with Crippen molar-refractivity contribution >= 4 is 5.97 Å². The number of benzene rings is 1. The standard InChI is InChI=1S/C20H26O5/c1-20-7-6-14-13-5-3-12(25-10-18(22)23)8-11(13)2-4-15(14)16(20)9-17(21)19(20)24/h3,5,8,14-17,19,21,24H,2,4,6-7,9-10H2,1H3,(H,22,23)/t14?,15?,16?,17-,19+,20+/m1/s1. The minimum Gasteiger partial charge on any atom is -0.482 e. The number of carboxylic acid groups (broad SMARTS) is 1. The molecule has 2 saturated carbocycles. The molecule has 0 amide bonds. The summed E-state index contributed by atoms with van der Waals surface area (Å²) in [5, 5.41) is 29.4. The number of carboxylic acids is 1. The first-order chi connectivity index (χ1) is 11.9. The number of aliphatic hydroxyl groups excluding tert-OH is 2. The Morgan fingerprint density at radius 2 is 2.12 bits per heavy atom. The monoisotopic (exact) mass is 346 g/mol. The first kappa shape index (κ1) is 16.9. The van der Waals surface area contributed by atoms with E-state index in [9.17, 15) is 15.0 Å². The molecule has 1 aromatic carbocycles. The highest BCUT2D eigenvalue weighted by Gasteiger charge is 2.57. The summed E-state index contributed by atoms with van der Waals surface area (Å²) in [5.74, 6) is 0.985. The van der Waals surface area contributed by atoms with Gasteiger partial charge in [0.2, 0.25) is 0 Å². The summed E-state index contributed by atoms with van der Waals surface area (Å²) in [4.78, 5) is 10.7. The van der Waals surface area contributed by atoms with E-state index in [2.05, 4.69) is 13.0 Å². The summed E-state index contributed by atoms with van der Waals surface area (Å²) >= 11 is 0. The van der Waals surface area contributed by atoms with Crippen LogP contribution < -0.4 is 4.74 Å². The van der Waals surface area contributed by atoms with Crippen molar-refractivity contribution in [3.8, 4) is 5.75 Å². The molecule has 4 rings (SSSR count). The maximum absolute atomic E-state index is 10.7. The molecule has 0 heterocycles. The molecule has 6 atom stereocenters. The highest BCUT2D eigenvalue weighted by Crippen LogP contribution is 2.60. The lowest BCUT2D eigenvalue weighted by Gasteiger charge is -2.49. The molecule has 1 aromatic rings. The topological polar surface area (TPSA) is 87.0 Å². The van der Waals surface area contributed by atoms with Gasteiger partial charge in [-0.3, -0.25) is 0 Å². The molecule has 0 spiro atoms. The number of aliphatic hydroxyl groups is 2. The summed E-state index contributed by atoms with van der Waals surface area (Å²) in [5.41, 5.74) is 2.44. The summed E-state index contributed by atoms with van der Waals surface area (Å²) in [6.45, 7) is 1.83. The SMILES string of the molecule is C[C@]12CCC3c4ccc(OCC(=O)O)cc4CCC3C1C[C@@H](O)[C@@H]2O. The second-order valence-electron chi connectivity index (χ2n) is 8.25. The van der Waals surface area contributed by atoms with Gasteiger partial charge in [-0.1, -0.05) is 13.0 Å². The highest BCUT2D eigenvalue weighted by molar-refractivity contribution is 5.68. The minimum atomic E-state index is -0.970. The molecule has 25 heavy (non-hydrogen) atoms. The average molecular weight is 346 g/mol. The number of aliphatic carboxylic acids is 1. The van der Waals surface area contributed by atoms with Gasteiger partial charge in [0.05, 0.1) is 12.2 Å². The van der Waals surface area contributed by atoms with Crippen molar-refractivity contribution in [3.63, 3.8) is 0 Å². The molecule has 0 saturated heterocycles. The molecule has 5 heteroatoms. The number of hydrogen-bond donors (Lipinski definition) is 3. The number of ether oxygens (including phenoxy) is 1. The van der Waals surface area contributed by atoms with Crippen LogP contribution in [-0.2, 0) is 11.2 Å². The largest absolute Gasteiger partial charge is 0.482 e. The van der Waals surface area contributed by atoms with Gasteiger partial charge in [0.15, 0.2) is 6.61 Å². The number of fused-ring (bicyclic) bond motifs is 5. The molecule has 3 aliphatic carbocycles. The van der Waals surface area contributed by atoms with E-state index in [-0.39, 0.29) is 12.0 Å². The third-order valence-electron chi connectivity index (χ3n) is 7.03. The van der Waals surface area contributed by atoms with Crippen LogP contribution in [0.1, 0.15) is 49.7 Å². The predicted octanol–water partition coefficient (Wildman–Crippen LogP) is 2.34. The summed E-state index contributed by atoms with van der Waals surface area (Å²) in [6, 6.07) is 5.95. The van der Waals surface area contributed by atoms with Crippen LogP contribution in [0.3, 0.4) is 0 Å². The Balaban J connectivity index is 1.58. The van der Waals surface area contributed by atoms with Crippen molar-refractivity contribution < 1.29 is 24.9 Å². The molecule has 3 N–H and O–H groups in total. The van der Waals surface area contributed by atoms with Gasteiger partial charge in [-0.15, -0.1) is 0 Å². The Hall–Kier alpha value is -1.59. The molecule has 0 radical (unpaired) electrons. The van der Waals surface area contributed by atoms with E-state index in [0.717, 1.165) is 25.7 Å². The Morgan fingerprint density at radius 3 is 2.88 bits per heavy atom. The summed E-state index contributed by atoms with van der Waals surface area (Å²) in [7, 11) is 0. The van der Waals surface area contributed by atoms with Crippen LogP contribution in [0.5, 0.6) is 5.75 Å². The molecular weight excluding hydrogens is 320 g/mol. The fourth-order valence-corrected chi connectivity index (χ4v) is 5.78. The van der Waals surface area contributed by atoms with Gasteiger partial charge in [0.25, 0.3) is 0 Å². The quantitative estimate of drug-likeness (QED) is 0.782. The van der Waals surface area contributed by atoms with Crippen LogP contribution in [0, 0.1) is 17.3 Å². The molecule has 0 aliphatic heterocycles. The minimum absolute atomic E-state index is 0.164. The van der Waals surface area contributed by atoms with Crippen LogP contribution in [0.2, 0.25) is 0 Å². The zero-order valence-electron chi connectivity index (χ0n) is 14.5. The summed E-state index contributed by atoms with van der Waals surface area (Å²) in [6.07, 6.45) is 3.47. The molecule has 0 aromatic heterocycles.